The molecule has 0 aromatic heterocycles. The minimum atomic E-state index is -2.17. The second kappa shape index (κ2) is 23.2. The summed E-state index contributed by atoms with van der Waals surface area (Å²) in [5.74, 6) is -2.07. The van der Waals surface area contributed by atoms with Gasteiger partial charge >= 0.3 is 11.9 Å². The van der Waals surface area contributed by atoms with Crippen molar-refractivity contribution in [3.05, 3.63) is 11.6 Å². The van der Waals surface area contributed by atoms with Crippen LogP contribution >= 0.6 is 0 Å². The molecule has 9 fully saturated rings. The van der Waals surface area contributed by atoms with E-state index in [9.17, 15) is 71.2 Å². The van der Waals surface area contributed by atoms with E-state index in [1.807, 2.05) is 0 Å². The van der Waals surface area contributed by atoms with Gasteiger partial charge in [-0.25, -0.2) is 4.79 Å². The lowest BCUT2D eigenvalue weighted by atomic mass is 9.33. The molecule has 0 aromatic rings. The van der Waals surface area contributed by atoms with Gasteiger partial charge in [-0.3, -0.25) is 4.79 Å². The Hall–Kier alpha value is -2.20. The number of allylic oxidation sites excluding steroid dienone is 2. The molecular weight excluding hydrogens is 1110 g/mol. The highest BCUT2D eigenvalue weighted by Crippen LogP contribution is 2.76. The molecule has 26 nitrogen and oxygen atoms in total. The van der Waals surface area contributed by atoms with Crippen LogP contribution in [-0.2, 0) is 61.7 Å². The normalized spacial score (nSPS) is 53.5. The first kappa shape index (κ1) is 64.8. The summed E-state index contributed by atoms with van der Waals surface area (Å²) in [5.41, 5.74) is -4.73. The second-order valence-electron chi connectivity index (χ2n) is 28.2. The van der Waals surface area contributed by atoms with E-state index in [1.165, 1.54) is 6.92 Å². The van der Waals surface area contributed by atoms with Gasteiger partial charge in [-0.2, -0.15) is 0 Å². The van der Waals surface area contributed by atoms with E-state index in [-0.39, 0.29) is 35.5 Å². The highest BCUT2D eigenvalue weighted by Gasteiger charge is 2.72. The predicted octanol–water partition coefficient (Wildman–Crippen LogP) is -2.11. The van der Waals surface area contributed by atoms with Crippen molar-refractivity contribution < 1.29 is 128 Å². The highest BCUT2D eigenvalue weighted by atomic mass is 16.8. The van der Waals surface area contributed by atoms with Crippen LogP contribution in [0.2, 0.25) is 0 Å². The third kappa shape index (κ3) is 10.4. The SMILES string of the molecule is COC(=O)C1OC(OC2CCC3(C)C(CCC4(C)C3CC=C3C5CC(C)(C)CCC5(C(=O)OC5OCC(O)C(O)C5OC5OC(C)C(OC6OCC(O)C(O)C6O)C(OC6OCC(O)(CO)C6O)C5O)C(O)CC34C)C2(C)C)C(O)C(O)C1O. The van der Waals surface area contributed by atoms with Crippen LogP contribution in [0, 0.1) is 50.2 Å². The molecule has 30 unspecified atom stereocenters. The number of aliphatic hydroxyl groups is 13. The molecule has 4 saturated carbocycles. The Morgan fingerprint density at radius 1 is 0.631 bits per heavy atom. The number of methoxy groups -OCH3 is 1. The van der Waals surface area contributed by atoms with Crippen LogP contribution in [0.3, 0.4) is 0 Å². The van der Waals surface area contributed by atoms with Gasteiger partial charge in [0.05, 0.1) is 51.8 Å². The van der Waals surface area contributed by atoms with E-state index in [0.717, 1.165) is 25.5 Å². The number of hydrogen-bond acceptors (Lipinski definition) is 26. The van der Waals surface area contributed by atoms with Crippen LogP contribution in [0.25, 0.3) is 0 Å². The van der Waals surface area contributed by atoms with Crippen LogP contribution in [0.1, 0.15) is 113 Å². The van der Waals surface area contributed by atoms with E-state index in [4.69, 9.17) is 52.1 Å². The lowest BCUT2D eigenvalue weighted by Crippen LogP contribution is -2.68. The zero-order valence-electron chi connectivity index (χ0n) is 49.3. The average Bonchev–Trinajstić information content (AvgIpc) is 0.760. The van der Waals surface area contributed by atoms with Crippen LogP contribution in [-0.4, -0.2) is 253 Å². The first-order valence-electron chi connectivity index (χ1n) is 29.8. The summed E-state index contributed by atoms with van der Waals surface area (Å²) in [4.78, 5) is 28.1. The minimum absolute atomic E-state index is 0.0823. The Morgan fingerprint density at radius 3 is 1.93 bits per heavy atom. The van der Waals surface area contributed by atoms with E-state index < -0.39 is 207 Å². The molecule has 480 valence electrons. The van der Waals surface area contributed by atoms with Crippen molar-refractivity contribution in [1.82, 2.24) is 0 Å². The van der Waals surface area contributed by atoms with E-state index in [2.05, 4.69) is 54.5 Å². The molecule has 0 bridgehead atoms. The topological polar surface area (TPSA) is 399 Å². The van der Waals surface area contributed by atoms with Gasteiger partial charge in [-0.15, -0.1) is 0 Å². The van der Waals surface area contributed by atoms with Crippen molar-refractivity contribution in [3.63, 3.8) is 0 Å². The Balaban J connectivity index is 0.897. The fraction of sp³-hybridized carbons (Fsp3) is 0.931. The maximum atomic E-state index is 15.6. The van der Waals surface area contributed by atoms with Gasteiger partial charge in [0.1, 0.15) is 84.3 Å². The van der Waals surface area contributed by atoms with Gasteiger partial charge in [0.2, 0.25) is 6.29 Å². The first-order valence-corrected chi connectivity index (χ1v) is 29.8. The second-order valence-corrected chi connectivity index (χ2v) is 28.2. The zero-order chi connectivity index (χ0) is 61.3. The van der Waals surface area contributed by atoms with Crippen molar-refractivity contribution in [2.45, 2.75) is 254 Å². The van der Waals surface area contributed by atoms with Crippen LogP contribution < -0.4 is 0 Å². The fourth-order valence-corrected chi connectivity index (χ4v) is 17.3. The molecular formula is C58H92O26. The number of carbonyl (C=O) groups is 2. The van der Waals surface area contributed by atoms with E-state index >= 15 is 4.79 Å². The smallest absolute Gasteiger partial charge is 0.337 e. The molecule has 0 aromatic carbocycles. The first-order chi connectivity index (χ1) is 39.2. The zero-order valence-corrected chi connectivity index (χ0v) is 49.3. The largest absolute Gasteiger partial charge is 0.467 e. The maximum Gasteiger partial charge on any atom is 0.337 e. The maximum absolute atomic E-state index is 15.6. The van der Waals surface area contributed by atoms with Crippen molar-refractivity contribution >= 4 is 11.9 Å². The number of aliphatic hydroxyl groups excluding tert-OH is 12. The molecule has 5 saturated heterocycles. The summed E-state index contributed by atoms with van der Waals surface area (Å²) in [6, 6.07) is 0. The number of hydrogen-bond donors (Lipinski definition) is 13. The van der Waals surface area contributed by atoms with Gasteiger partial charge in [0.25, 0.3) is 0 Å². The molecule has 13 N–H and O–H groups in total. The van der Waals surface area contributed by atoms with Gasteiger partial charge < -0.3 is 118 Å². The molecule has 30 atom stereocenters. The van der Waals surface area contributed by atoms with Gasteiger partial charge in [-0.1, -0.05) is 60.1 Å². The Labute approximate surface area is 488 Å². The fourth-order valence-electron chi connectivity index (χ4n) is 17.3. The lowest BCUT2D eigenvalue weighted by molar-refractivity contribution is -0.381. The minimum Gasteiger partial charge on any atom is -0.467 e. The lowest BCUT2D eigenvalue weighted by Gasteiger charge is -2.71. The number of esters is 2. The summed E-state index contributed by atoms with van der Waals surface area (Å²) < 4.78 is 64.9. The number of rotatable bonds is 12. The molecule has 0 radical (unpaired) electrons. The van der Waals surface area contributed by atoms with Crippen molar-refractivity contribution in [2.24, 2.45) is 50.2 Å². The third-order valence-electron chi connectivity index (χ3n) is 22.6. The Bertz CT molecular complexity index is 2410. The van der Waals surface area contributed by atoms with Gasteiger partial charge in [0.15, 0.2) is 37.4 Å². The van der Waals surface area contributed by atoms with E-state index in [1.54, 1.807) is 0 Å². The van der Waals surface area contributed by atoms with E-state index in [0.29, 0.717) is 32.1 Å². The molecule has 5 heterocycles. The predicted molar refractivity (Wildman–Crippen MR) is 282 cm³/mol. The molecule has 5 aliphatic heterocycles. The standard InChI is InChI=1S/C58H92O26/c1-24-40(80-46-37(67)33(63)27(60)20-75-46)41(81-50-44(70)57(73,22-59)23-77-50)39(69)48(78-24)83-43-34(64)28(61)21-76-49(43)84-51(72)58-17-16-52(2,3)18-26(58)25-10-11-30-54(6)14-13-32(79-47-38(68)35(65)36(66)42(82-47)45(71)74-9)53(4,5)29(54)12-15-55(30,7)56(25,8)19-31(58)62/h10,24,26-44,46-50,59-70,73H,11-23H2,1-9H3. The summed E-state index contributed by atoms with van der Waals surface area (Å²) in [6.45, 7) is 14.4. The average molecular weight is 1210 g/mol. The van der Waals surface area contributed by atoms with Crippen molar-refractivity contribution in [2.75, 3.05) is 33.5 Å². The quantitative estimate of drug-likeness (QED) is 0.0565. The Kier molecular flexibility index (Phi) is 17.9. The van der Waals surface area contributed by atoms with Crippen molar-refractivity contribution in [1.29, 1.82) is 0 Å². The van der Waals surface area contributed by atoms with Crippen LogP contribution in [0.5, 0.6) is 0 Å². The van der Waals surface area contributed by atoms with Crippen molar-refractivity contribution in [3.8, 4) is 0 Å². The molecule has 5 aliphatic carbocycles. The monoisotopic (exact) mass is 1200 g/mol. The highest BCUT2D eigenvalue weighted by molar-refractivity contribution is 5.80. The summed E-state index contributed by atoms with van der Waals surface area (Å²) >= 11 is 0. The van der Waals surface area contributed by atoms with Gasteiger partial charge in [0, 0.05) is 0 Å². The van der Waals surface area contributed by atoms with Crippen LogP contribution in [0.15, 0.2) is 11.6 Å². The molecule has 10 aliphatic rings. The number of carbonyl (C=O) groups excluding carboxylic acids is 2. The molecule has 0 spiro atoms. The number of ether oxygens (including phenoxy) is 11. The molecule has 84 heavy (non-hydrogen) atoms. The Morgan fingerprint density at radius 2 is 1.26 bits per heavy atom. The molecule has 0 amide bonds. The molecule has 26 heteroatoms. The molecule has 10 rings (SSSR count). The summed E-state index contributed by atoms with van der Waals surface area (Å²) in [5, 5.41) is 143. The summed E-state index contributed by atoms with van der Waals surface area (Å²) in [7, 11) is 1.13. The number of fused-ring (bicyclic) bond motifs is 7. The third-order valence-corrected chi connectivity index (χ3v) is 22.6. The van der Waals surface area contributed by atoms with Gasteiger partial charge in [-0.05, 0) is 110 Å². The van der Waals surface area contributed by atoms with Crippen LogP contribution in [0.4, 0.5) is 0 Å². The summed E-state index contributed by atoms with van der Waals surface area (Å²) in [6.07, 6.45) is -27.9.